The van der Waals surface area contributed by atoms with Crippen LogP contribution in [0, 0.1) is 0 Å². The molecule has 0 saturated carbocycles. The number of halogens is 3. The third-order valence-corrected chi connectivity index (χ3v) is 5.93. The van der Waals surface area contributed by atoms with Crippen molar-refractivity contribution in [3.8, 4) is 11.5 Å². The molecule has 0 bridgehead atoms. The average molecular weight is 439 g/mol. The third kappa shape index (κ3) is 4.24. The molecule has 0 amide bonds. The van der Waals surface area contributed by atoms with E-state index in [4.69, 9.17) is 44.3 Å². The highest BCUT2D eigenvalue weighted by molar-refractivity contribution is 7.89. The summed E-state index contributed by atoms with van der Waals surface area (Å²) in [5.74, 6) is -0.817. The van der Waals surface area contributed by atoms with E-state index in [9.17, 15) is 13.2 Å². The van der Waals surface area contributed by atoms with Crippen LogP contribution >= 0.6 is 34.8 Å². The minimum absolute atomic E-state index is 0.0201. The van der Waals surface area contributed by atoms with Gasteiger partial charge in [-0.15, -0.1) is 0 Å². The second kappa shape index (κ2) is 8.02. The van der Waals surface area contributed by atoms with Gasteiger partial charge in [0.05, 0.1) is 22.7 Å². The van der Waals surface area contributed by atoms with Gasteiger partial charge in [-0.3, -0.25) is 0 Å². The molecule has 2 aromatic carbocycles. The Morgan fingerprint density at radius 1 is 1.04 bits per heavy atom. The van der Waals surface area contributed by atoms with E-state index in [2.05, 4.69) is 0 Å². The molecule has 0 N–H and O–H groups in total. The number of carbonyl (C=O) groups excluding carboxylic acids is 1. The standard InChI is InChI=1S/C16H14Cl3NO5S/c1-20(2)26(22,23)14-6-9(4-5-13(14)24-3)16(21)25-15-11(18)7-10(17)8-12(15)19/h4-8H,1-3H3. The third-order valence-electron chi connectivity index (χ3n) is 3.32. The van der Waals surface area contributed by atoms with Crippen molar-refractivity contribution in [1.82, 2.24) is 4.31 Å². The molecule has 26 heavy (non-hydrogen) atoms. The zero-order chi connectivity index (χ0) is 19.6. The number of esters is 1. The zero-order valence-electron chi connectivity index (χ0n) is 13.9. The summed E-state index contributed by atoms with van der Waals surface area (Å²) >= 11 is 17.8. The first kappa shape index (κ1) is 20.8. The maximum atomic E-state index is 12.4. The SMILES string of the molecule is COc1ccc(C(=O)Oc2c(Cl)cc(Cl)cc2Cl)cc1S(=O)(=O)N(C)C. The van der Waals surface area contributed by atoms with Crippen molar-refractivity contribution < 1.29 is 22.7 Å². The number of hydrogen-bond donors (Lipinski definition) is 0. The summed E-state index contributed by atoms with van der Waals surface area (Å²) in [6.45, 7) is 0. The minimum Gasteiger partial charge on any atom is -0.495 e. The first-order valence-electron chi connectivity index (χ1n) is 7.05. The second-order valence-electron chi connectivity index (χ2n) is 5.24. The van der Waals surface area contributed by atoms with E-state index >= 15 is 0 Å². The highest BCUT2D eigenvalue weighted by Gasteiger charge is 2.25. The lowest BCUT2D eigenvalue weighted by Crippen LogP contribution is -2.23. The Hall–Kier alpha value is -1.51. The Bertz CT molecular complexity index is 937. The molecule has 0 unspecified atom stereocenters. The Morgan fingerprint density at radius 2 is 1.62 bits per heavy atom. The zero-order valence-corrected chi connectivity index (χ0v) is 17.0. The van der Waals surface area contributed by atoms with Crippen LogP contribution in [0.15, 0.2) is 35.2 Å². The monoisotopic (exact) mass is 437 g/mol. The molecule has 6 nitrogen and oxygen atoms in total. The van der Waals surface area contributed by atoms with Gasteiger partial charge in [0.1, 0.15) is 10.6 Å². The lowest BCUT2D eigenvalue weighted by Gasteiger charge is -2.15. The molecule has 0 atom stereocenters. The molecule has 0 aromatic heterocycles. The van der Waals surface area contributed by atoms with Crippen molar-refractivity contribution in [3.05, 3.63) is 51.0 Å². The normalized spacial score (nSPS) is 11.5. The summed E-state index contributed by atoms with van der Waals surface area (Å²) in [5.41, 5.74) is -0.0201. The Labute approximate surface area is 166 Å². The molecule has 0 radical (unpaired) electrons. The molecule has 10 heteroatoms. The molecule has 0 saturated heterocycles. The van der Waals surface area contributed by atoms with Gasteiger partial charge < -0.3 is 9.47 Å². The van der Waals surface area contributed by atoms with Crippen LogP contribution in [-0.2, 0) is 10.0 Å². The maximum absolute atomic E-state index is 12.4. The molecule has 0 heterocycles. The Balaban J connectivity index is 2.45. The number of methoxy groups -OCH3 is 1. The lowest BCUT2D eigenvalue weighted by molar-refractivity contribution is 0.0734. The van der Waals surface area contributed by atoms with Gasteiger partial charge >= 0.3 is 5.97 Å². The van der Waals surface area contributed by atoms with Crippen molar-refractivity contribution in [1.29, 1.82) is 0 Å². The van der Waals surface area contributed by atoms with Gasteiger partial charge in [0.15, 0.2) is 5.75 Å². The van der Waals surface area contributed by atoms with Gasteiger partial charge in [-0.25, -0.2) is 17.5 Å². The fraction of sp³-hybridized carbons (Fsp3) is 0.188. The number of carbonyl (C=O) groups is 1. The summed E-state index contributed by atoms with van der Waals surface area (Å²) in [5, 5.41) is 0.375. The number of sulfonamides is 1. The summed E-state index contributed by atoms with van der Waals surface area (Å²) < 4.78 is 36.1. The van der Waals surface area contributed by atoms with E-state index in [0.29, 0.717) is 0 Å². The van der Waals surface area contributed by atoms with E-state index in [1.165, 1.54) is 45.5 Å². The van der Waals surface area contributed by atoms with Crippen LogP contribution in [0.25, 0.3) is 0 Å². The largest absolute Gasteiger partial charge is 0.495 e. The Morgan fingerprint density at radius 3 is 2.12 bits per heavy atom. The quantitative estimate of drug-likeness (QED) is 0.518. The summed E-state index contributed by atoms with van der Waals surface area (Å²) in [4.78, 5) is 12.3. The smallest absolute Gasteiger partial charge is 0.343 e. The predicted molar refractivity (Wildman–Crippen MR) is 100 cm³/mol. The number of rotatable bonds is 5. The Kier molecular flexibility index (Phi) is 6.42. The van der Waals surface area contributed by atoms with Crippen LogP contribution in [0.2, 0.25) is 15.1 Å². The predicted octanol–water partition coefficient (Wildman–Crippen LogP) is 4.12. The van der Waals surface area contributed by atoms with Crippen molar-refractivity contribution in [2.24, 2.45) is 0 Å². The van der Waals surface area contributed by atoms with Crippen molar-refractivity contribution in [2.75, 3.05) is 21.2 Å². The van der Waals surface area contributed by atoms with Gasteiger partial charge in [-0.05, 0) is 30.3 Å². The van der Waals surface area contributed by atoms with Crippen LogP contribution in [0.3, 0.4) is 0 Å². The molecular formula is C16H14Cl3NO5S. The van der Waals surface area contributed by atoms with Gasteiger partial charge in [0.2, 0.25) is 10.0 Å². The van der Waals surface area contributed by atoms with E-state index in [1.54, 1.807) is 0 Å². The molecule has 2 aromatic rings. The highest BCUT2D eigenvalue weighted by Crippen LogP contribution is 2.36. The second-order valence-corrected chi connectivity index (χ2v) is 8.61. The minimum atomic E-state index is -3.84. The van der Waals surface area contributed by atoms with Gasteiger partial charge in [0.25, 0.3) is 0 Å². The van der Waals surface area contributed by atoms with Crippen LogP contribution in [0.5, 0.6) is 11.5 Å². The fourth-order valence-corrected chi connectivity index (χ4v) is 3.95. The van der Waals surface area contributed by atoms with Gasteiger partial charge in [0, 0.05) is 19.1 Å². The number of nitrogens with zero attached hydrogens (tertiary/aromatic N) is 1. The first-order chi connectivity index (χ1) is 12.1. The van der Waals surface area contributed by atoms with Crippen molar-refractivity contribution >= 4 is 50.8 Å². The van der Waals surface area contributed by atoms with Crippen molar-refractivity contribution in [2.45, 2.75) is 4.90 Å². The van der Waals surface area contributed by atoms with Crippen molar-refractivity contribution in [3.63, 3.8) is 0 Å². The van der Waals surface area contributed by atoms with E-state index < -0.39 is 16.0 Å². The first-order valence-corrected chi connectivity index (χ1v) is 9.62. The molecule has 0 fully saturated rings. The number of hydrogen-bond acceptors (Lipinski definition) is 5. The summed E-state index contributed by atoms with van der Waals surface area (Å²) in [6.07, 6.45) is 0. The van der Waals surface area contributed by atoms with Crippen LogP contribution in [0.1, 0.15) is 10.4 Å². The topological polar surface area (TPSA) is 72.9 Å². The molecule has 2 rings (SSSR count). The summed E-state index contributed by atoms with van der Waals surface area (Å²) in [6, 6.07) is 6.63. The van der Waals surface area contributed by atoms with Crippen LogP contribution in [-0.4, -0.2) is 39.9 Å². The van der Waals surface area contributed by atoms with E-state index in [-0.39, 0.29) is 37.0 Å². The van der Waals surface area contributed by atoms with Gasteiger partial charge in [-0.1, -0.05) is 34.8 Å². The van der Waals surface area contributed by atoms with Gasteiger partial charge in [-0.2, -0.15) is 0 Å². The molecule has 0 spiro atoms. The fourth-order valence-electron chi connectivity index (χ4n) is 1.98. The number of ether oxygens (including phenoxy) is 2. The van der Waals surface area contributed by atoms with Crippen LogP contribution in [0.4, 0.5) is 0 Å². The highest BCUT2D eigenvalue weighted by atomic mass is 35.5. The summed E-state index contributed by atoms with van der Waals surface area (Å²) in [7, 11) is 0.225. The van der Waals surface area contributed by atoms with E-state index in [1.807, 2.05) is 0 Å². The number of benzene rings is 2. The molecule has 0 aliphatic rings. The molecular weight excluding hydrogens is 425 g/mol. The molecule has 140 valence electrons. The molecule has 0 aliphatic heterocycles. The molecule has 0 aliphatic carbocycles. The van der Waals surface area contributed by atoms with E-state index in [0.717, 1.165) is 10.4 Å². The average Bonchev–Trinajstić information content (AvgIpc) is 2.57. The maximum Gasteiger partial charge on any atom is 0.343 e. The van der Waals surface area contributed by atoms with Crippen LogP contribution < -0.4 is 9.47 Å². The lowest BCUT2D eigenvalue weighted by atomic mass is 10.2.